The molecule has 0 radical (unpaired) electrons. The zero-order valence-corrected chi connectivity index (χ0v) is 14.3. The molecule has 6 heteroatoms. The molecule has 5 nitrogen and oxygen atoms in total. The summed E-state index contributed by atoms with van der Waals surface area (Å²) in [5, 5.41) is 2.77. The number of halogens is 1. The lowest BCUT2D eigenvalue weighted by molar-refractivity contribution is -0.122. The summed E-state index contributed by atoms with van der Waals surface area (Å²) in [4.78, 5) is 23.5. The Bertz CT molecular complexity index is 683. The van der Waals surface area contributed by atoms with Gasteiger partial charge in [-0.15, -0.1) is 0 Å². The molecule has 0 aliphatic heterocycles. The average molecular weight is 378 g/mol. The molecule has 0 unspecified atom stereocenters. The first kappa shape index (κ1) is 17.0. The smallest absolute Gasteiger partial charge is 0.337 e. The fraction of sp³-hybridized carbons (Fsp3) is 0.176. The van der Waals surface area contributed by atoms with Crippen LogP contribution >= 0.6 is 15.9 Å². The molecular formula is C17H16BrNO4. The highest BCUT2D eigenvalue weighted by molar-refractivity contribution is 9.10. The molecule has 120 valence electrons. The molecule has 2 aromatic rings. The second-order valence-corrected chi connectivity index (χ2v) is 5.69. The predicted octanol–water partition coefficient (Wildman–Crippen LogP) is 3.64. The highest BCUT2D eigenvalue weighted by atomic mass is 79.9. The lowest BCUT2D eigenvalue weighted by Crippen LogP contribution is -2.30. The summed E-state index contributed by atoms with van der Waals surface area (Å²) in [6.45, 7) is 1.66. The quantitative estimate of drug-likeness (QED) is 0.807. The second-order valence-electron chi connectivity index (χ2n) is 4.77. The molecule has 1 N–H and O–H groups in total. The van der Waals surface area contributed by atoms with Crippen molar-refractivity contribution < 1.29 is 19.1 Å². The number of esters is 1. The molecule has 0 aromatic heterocycles. The zero-order chi connectivity index (χ0) is 16.8. The Kier molecular flexibility index (Phi) is 5.76. The van der Waals surface area contributed by atoms with E-state index in [0.29, 0.717) is 17.0 Å². The standard InChI is InChI=1S/C17H16BrNO4/c1-11(16(20)19-14-7-5-13(18)6-8-14)23-15-9-3-12(4-10-15)17(21)22-2/h3-11H,1-2H3,(H,19,20)/t11-/m0/s1. The molecule has 0 fully saturated rings. The van der Waals surface area contributed by atoms with Crippen LogP contribution in [-0.4, -0.2) is 25.1 Å². The maximum absolute atomic E-state index is 12.1. The number of anilines is 1. The summed E-state index contributed by atoms with van der Waals surface area (Å²) in [7, 11) is 1.32. The van der Waals surface area contributed by atoms with Gasteiger partial charge >= 0.3 is 5.97 Å². The number of carbonyl (C=O) groups is 2. The molecule has 1 amide bonds. The van der Waals surface area contributed by atoms with E-state index in [9.17, 15) is 9.59 Å². The van der Waals surface area contributed by atoms with Gasteiger partial charge in [-0.1, -0.05) is 15.9 Å². The summed E-state index contributed by atoms with van der Waals surface area (Å²) in [6.07, 6.45) is -0.678. The molecule has 0 aliphatic carbocycles. The van der Waals surface area contributed by atoms with Crippen LogP contribution in [0.2, 0.25) is 0 Å². The molecule has 1 atom stereocenters. The highest BCUT2D eigenvalue weighted by Crippen LogP contribution is 2.17. The minimum Gasteiger partial charge on any atom is -0.481 e. The Labute approximate surface area is 142 Å². The Morgan fingerprint density at radius 2 is 1.65 bits per heavy atom. The van der Waals surface area contributed by atoms with E-state index in [1.54, 1.807) is 43.3 Å². The first-order chi connectivity index (χ1) is 11.0. The van der Waals surface area contributed by atoms with E-state index in [1.165, 1.54) is 7.11 Å². The van der Waals surface area contributed by atoms with Crippen molar-refractivity contribution in [3.05, 3.63) is 58.6 Å². The summed E-state index contributed by atoms with van der Waals surface area (Å²) >= 11 is 3.34. The van der Waals surface area contributed by atoms with Crippen LogP contribution in [0.25, 0.3) is 0 Å². The minimum absolute atomic E-state index is 0.260. The number of hydrogen-bond donors (Lipinski definition) is 1. The third-order valence-electron chi connectivity index (χ3n) is 3.07. The van der Waals surface area contributed by atoms with Gasteiger partial charge in [0.15, 0.2) is 6.10 Å². The van der Waals surface area contributed by atoms with Gasteiger partial charge in [0.25, 0.3) is 5.91 Å². The zero-order valence-electron chi connectivity index (χ0n) is 12.7. The van der Waals surface area contributed by atoms with Crippen molar-refractivity contribution in [3.63, 3.8) is 0 Å². The number of nitrogens with one attached hydrogen (secondary N) is 1. The number of hydrogen-bond acceptors (Lipinski definition) is 4. The van der Waals surface area contributed by atoms with Gasteiger partial charge in [0, 0.05) is 10.2 Å². The van der Waals surface area contributed by atoms with E-state index in [4.69, 9.17) is 4.74 Å². The van der Waals surface area contributed by atoms with Crippen LogP contribution in [0, 0.1) is 0 Å². The van der Waals surface area contributed by atoms with Crippen molar-refractivity contribution in [2.75, 3.05) is 12.4 Å². The van der Waals surface area contributed by atoms with Gasteiger partial charge in [0.2, 0.25) is 0 Å². The summed E-state index contributed by atoms with van der Waals surface area (Å²) < 4.78 is 11.1. The molecule has 0 saturated heterocycles. The van der Waals surface area contributed by atoms with Crippen LogP contribution in [0.1, 0.15) is 17.3 Å². The summed E-state index contributed by atoms with van der Waals surface area (Å²) in [5.74, 6) is -0.182. The summed E-state index contributed by atoms with van der Waals surface area (Å²) in [5.41, 5.74) is 1.11. The number of ether oxygens (including phenoxy) is 2. The van der Waals surface area contributed by atoms with Gasteiger partial charge in [-0.25, -0.2) is 4.79 Å². The van der Waals surface area contributed by atoms with Crippen molar-refractivity contribution in [1.82, 2.24) is 0 Å². The topological polar surface area (TPSA) is 64.6 Å². The Hall–Kier alpha value is -2.34. The third-order valence-corrected chi connectivity index (χ3v) is 3.60. The Morgan fingerprint density at radius 3 is 2.22 bits per heavy atom. The van der Waals surface area contributed by atoms with E-state index < -0.39 is 12.1 Å². The van der Waals surface area contributed by atoms with Gasteiger partial charge < -0.3 is 14.8 Å². The van der Waals surface area contributed by atoms with E-state index in [-0.39, 0.29) is 5.91 Å². The maximum Gasteiger partial charge on any atom is 0.337 e. The second kappa shape index (κ2) is 7.78. The van der Waals surface area contributed by atoms with Crippen molar-refractivity contribution in [1.29, 1.82) is 0 Å². The number of carbonyl (C=O) groups excluding carboxylic acids is 2. The van der Waals surface area contributed by atoms with Crippen LogP contribution in [0.3, 0.4) is 0 Å². The number of benzene rings is 2. The van der Waals surface area contributed by atoms with Crippen LogP contribution < -0.4 is 10.1 Å². The molecular weight excluding hydrogens is 362 g/mol. The van der Waals surface area contributed by atoms with Crippen LogP contribution in [0.5, 0.6) is 5.75 Å². The van der Waals surface area contributed by atoms with E-state index >= 15 is 0 Å². The first-order valence-electron chi connectivity index (χ1n) is 6.91. The molecule has 0 spiro atoms. The lowest BCUT2D eigenvalue weighted by Gasteiger charge is -2.15. The SMILES string of the molecule is COC(=O)c1ccc(O[C@@H](C)C(=O)Nc2ccc(Br)cc2)cc1. The van der Waals surface area contributed by atoms with Gasteiger partial charge in [-0.2, -0.15) is 0 Å². The minimum atomic E-state index is -0.678. The molecule has 0 bridgehead atoms. The Morgan fingerprint density at radius 1 is 1.04 bits per heavy atom. The van der Waals surface area contributed by atoms with Crippen LogP contribution in [0.4, 0.5) is 5.69 Å². The van der Waals surface area contributed by atoms with Crippen molar-refractivity contribution in [2.24, 2.45) is 0 Å². The van der Waals surface area contributed by atoms with Gasteiger partial charge in [0.1, 0.15) is 5.75 Å². The molecule has 2 aromatic carbocycles. The molecule has 0 saturated carbocycles. The fourth-order valence-corrected chi connectivity index (χ4v) is 2.09. The van der Waals surface area contributed by atoms with Crippen LogP contribution in [0.15, 0.2) is 53.0 Å². The van der Waals surface area contributed by atoms with Gasteiger partial charge in [0.05, 0.1) is 12.7 Å². The molecule has 23 heavy (non-hydrogen) atoms. The first-order valence-corrected chi connectivity index (χ1v) is 7.70. The van der Waals surface area contributed by atoms with E-state index in [0.717, 1.165) is 4.47 Å². The molecule has 0 aliphatic rings. The number of rotatable bonds is 5. The number of methoxy groups -OCH3 is 1. The average Bonchev–Trinajstić information content (AvgIpc) is 2.56. The number of amides is 1. The monoisotopic (exact) mass is 377 g/mol. The largest absolute Gasteiger partial charge is 0.481 e. The molecule has 2 rings (SSSR count). The van der Waals surface area contributed by atoms with E-state index in [1.807, 2.05) is 12.1 Å². The van der Waals surface area contributed by atoms with Crippen molar-refractivity contribution >= 4 is 33.5 Å². The van der Waals surface area contributed by atoms with Gasteiger partial charge in [-0.3, -0.25) is 4.79 Å². The normalized spacial score (nSPS) is 11.4. The fourth-order valence-electron chi connectivity index (χ4n) is 1.82. The maximum atomic E-state index is 12.1. The van der Waals surface area contributed by atoms with E-state index in [2.05, 4.69) is 26.0 Å². The lowest BCUT2D eigenvalue weighted by atomic mass is 10.2. The highest BCUT2D eigenvalue weighted by Gasteiger charge is 2.15. The van der Waals surface area contributed by atoms with Crippen molar-refractivity contribution in [2.45, 2.75) is 13.0 Å². The molecule has 0 heterocycles. The third kappa shape index (κ3) is 4.82. The van der Waals surface area contributed by atoms with Gasteiger partial charge in [-0.05, 0) is 55.5 Å². The Balaban J connectivity index is 1.95. The van der Waals surface area contributed by atoms with Crippen molar-refractivity contribution in [3.8, 4) is 5.75 Å². The summed E-state index contributed by atoms with van der Waals surface area (Å²) in [6, 6.07) is 13.7. The predicted molar refractivity (Wildman–Crippen MR) is 90.6 cm³/mol. The van der Waals surface area contributed by atoms with Crippen LogP contribution in [-0.2, 0) is 9.53 Å².